The van der Waals surface area contributed by atoms with Gasteiger partial charge in [-0.2, -0.15) is 4.39 Å². The molecular formula is C8H11FO4. The van der Waals surface area contributed by atoms with Gasteiger partial charge in [0.05, 0.1) is 6.61 Å². The minimum absolute atomic E-state index is 0.105. The van der Waals surface area contributed by atoms with Crippen LogP contribution in [0, 0.1) is 0 Å². The van der Waals surface area contributed by atoms with Gasteiger partial charge in [0.25, 0.3) is 0 Å². The monoisotopic (exact) mass is 190 g/mol. The molecule has 0 saturated carbocycles. The van der Waals surface area contributed by atoms with E-state index in [4.69, 9.17) is 0 Å². The molecule has 13 heavy (non-hydrogen) atoms. The Morgan fingerprint density at radius 1 is 1.38 bits per heavy atom. The van der Waals surface area contributed by atoms with E-state index in [0.29, 0.717) is 0 Å². The van der Waals surface area contributed by atoms with E-state index in [0.717, 1.165) is 6.08 Å². The first-order chi connectivity index (χ1) is 6.07. The molecule has 0 aliphatic heterocycles. The molecule has 0 aliphatic carbocycles. The number of rotatable bonds is 4. The Labute approximate surface area is 75.3 Å². The summed E-state index contributed by atoms with van der Waals surface area (Å²) >= 11 is 0. The Morgan fingerprint density at radius 3 is 2.46 bits per heavy atom. The maximum absolute atomic E-state index is 12.6. The van der Waals surface area contributed by atoms with Gasteiger partial charge in [-0.15, -0.1) is 0 Å². The molecule has 0 unspecified atom stereocenters. The number of ether oxygens (including phenoxy) is 2. The first-order valence-electron chi connectivity index (χ1n) is 3.74. The Bertz CT molecular complexity index is 222. The van der Waals surface area contributed by atoms with E-state index in [9.17, 15) is 14.0 Å². The molecule has 0 radical (unpaired) electrons. The van der Waals surface area contributed by atoms with Crippen LogP contribution in [0.4, 0.5) is 4.39 Å². The molecule has 0 fully saturated rings. The third-order valence-corrected chi connectivity index (χ3v) is 1.02. The molecule has 5 heteroatoms. The Balaban J connectivity index is 3.87. The molecule has 0 atom stereocenters. The van der Waals surface area contributed by atoms with E-state index in [-0.39, 0.29) is 13.2 Å². The Morgan fingerprint density at radius 2 is 2.00 bits per heavy atom. The van der Waals surface area contributed by atoms with Crippen molar-refractivity contribution < 1.29 is 23.5 Å². The molecule has 0 rings (SSSR count). The number of carbonyl (C=O) groups excluding carboxylic acids is 2. The van der Waals surface area contributed by atoms with Crippen LogP contribution in [0.5, 0.6) is 0 Å². The van der Waals surface area contributed by atoms with Gasteiger partial charge in [0.1, 0.15) is 6.61 Å². The normalized spacial score (nSPS) is 10.8. The predicted octanol–water partition coefficient (Wildman–Crippen LogP) is 0.966. The predicted molar refractivity (Wildman–Crippen MR) is 42.5 cm³/mol. The van der Waals surface area contributed by atoms with E-state index >= 15 is 0 Å². The van der Waals surface area contributed by atoms with Gasteiger partial charge in [0, 0.05) is 6.92 Å². The summed E-state index contributed by atoms with van der Waals surface area (Å²) in [5, 5.41) is 0. The zero-order valence-corrected chi connectivity index (χ0v) is 7.50. The molecule has 0 aromatic rings. The first-order valence-corrected chi connectivity index (χ1v) is 3.74. The highest BCUT2D eigenvalue weighted by molar-refractivity contribution is 5.85. The third-order valence-electron chi connectivity index (χ3n) is 1.02. The molecule has 0 saturated heterocycles. The molecule has 0 N–H and O–H groups in total. The number of hydrogen-bond acceptors (Lipinski definition) is 4. The van der Waals surface area contributed by atoms with Crippen molar-refractivity contribution in [1.82, 2.24) is 0 Å². The van der Waals surface area contributed by atoms with Crippen LogP contribution in [-0.4, -0.2) is 25.2 Å². The summed E-state index contributed by atoms with van der Waals surface area (Å²) in [6.45, 7) is 2.60. The average Bonchev–Trinajstić information content (AvgIpc) is 2.04. The summed E-state index contributed by atoms with van der Waals surface area (Å²) < 4.78 is 21.3. The number of carbonyl (C=O) groups is 2. The van der Waals surface area contributed by atoms with Crippen molar-refractivity contribution in [3.8, 4) is 0 Å². The van der Waals surface area contributed by atoms with E-state index in [2.05, 4.69) is 9.47 Å². The molecule has 0 aromatic carbocycles. The highest BCUT2D eigenvalue weighted by Gasteiger charge is 2.08. The van der Waals surface area contributed by atoms with Crippen molar-refractivity contribution in [2.24, 2.45) is 0 Å². The third kappa shape index (κ3) is 5.84. The second kappa shape index (κ2) is 6.16. The van der Waals surface area contributed by atoms with E-state index < -0.39 is 17.8 Å². The lowest BCUT2D eigenvalue weighted by molar-refractivity contribution is -0.142. The summed E-state index contributed by atoms with van der Waals surface area (Å²) in [6, 6.07) is 0. The minimum Gasteiger partial charge on any atom is -0.462 e. The largest absolute Gasteiger partial charge is 0.462 e. The molecule has 0 spiro atoms. The van der Waals surface area contributed by atoms with Gasteiger partial charge in [-0.05, 0) is 13.0 Å². The topological polar surface area (TPSA) is 52.6 Å². The number of hydrogen-bond donors (Lipinski definition) is 0. The van der Waals surface area contributed by atoms with Crippen LogP contribution in [-0.2, 0) is 19.1 Å². The quantitative estimate of drug-likeness (QED) is 0.489. The lowest BCUT2D eigenvalue weighted by Gasteiger charge is -1.98. The smallest absolute Gasteiger partial charge is 0.366 e. The first kappa shape index (κ1) is 11.6. The minimum atomic E-state index is -1.05. The van der Waals surface area contributed by atoms with Gasteiger partial charge in [0.2, 0.25) is 5.83 Å². The van der Waals surface area contributed by atoms with Crippen LogP contribution in [0.3, 0.4) is 0 Å². The molecule has 0 amide bonds. The van der Waals surface area contributed by atoms with Crippen molar-refractivity contribution >= 4 is 11.9 Å². The van der Waals surface area contributed by atoms with Gasteiger partial charge in [-0.1, -0.05) is 0 Å². The number of esters is 2. The highest BCUT2D eigenvalue weighted by Crippen LogP contribution is 1.99. The van der Waals surface area contributed by atoms with E-state index in [1.807, 2.05) is 0 Å². The highest BCUT2D eigenvalue weighted by atomic mass is 19.1. The molecule has 74 valence electrons. The van der Waals surface area contributed by atoms with Crippen molar-refractivity contribution in [1.29, 1.82) is 0 Å². The van der Waals surface area contributed by atoms with Crippen molar-refractivity contribution in [3.63, 3.8) is 0 Å². The Hall–Kier alpha value is -1.39. The van der Waals surface area contributed by atoms with Crippen LogP contribution < -0.4 is 0 Å². The summed E-state index contributed by atoms with van der Waals surface area (Å²) in [6.07, 6.45) is 0.847. The van der Waals surface area contributed by atoms with E-state index in [1.165, 1.54) is 6.92 Å². The Kier molecular flexibility index (Phi) is 5.50. The van der Waals surface area contributed by atoms with Crippen LogP contribution in [0.25, 0.3) is 0 Å². The maximum atomic E-state index is 12.6. The van der Waals surface area contributed by atoms with Crippen molar-refractivity contribution in [2.45, 2.75) is 13.8 Å². The fraction of sp³-hybridized carbons (Fsp3) is 0.500. The van der Waals surface area contributed by atoms with Crippen LogP contribution >= 0.6 is 0 Å². The fourth-order valence-electron chi connectivity index (χ4n) is 0.516. The summed E-state index contributed by atoms with van der Waals surface area (Å²) in [5.74, 6) is -2.63. The van der Waals surface area contributed by atoms with Gasteiger partial charge in [0.15, 0.2) is 0 Å². The van der Waals surface area contributed by atoms with Gasteiger partial charge < -0.3 is 9.47 Å². The lowest BCUT2D eigenvalue weighted by Crippen LogP contribution is -2.06. The maximum Gasteiger partial charge on any atom is 0.366 e. The molecule has 0 bridgehead atoms. The van der Waals surface area contributed by atoms with Gasteiger partial charge >= 0.3 is 11.9 Å². The SMILES string of the molecule is CCOC(=O)/C(F)=C/COC(C)=O. The van der Waals surface area contributed by atoms with Crippen LogP contribution in [0.1, 0.15) is 13.8 Å². The van der Waals surface area contributed by atoms with Gasteiger partial charge in [-0.25, -0.2) is 4.79 Å². The molecule has 0 heterocycles. The van der Waals surface area contributed by atoms with Crippen molar-refractivity contribution in [2.75, 3.05) is 13.2 Å². The van der Waals surface area contributed by atoms with Gasteiger partial charge in [-0.3, -0.25) is 4.79 Å². The van der Waals surface area contributed by atoms with Crippen LogP contribution in [0.2, 0.25) is 0 Å². The lowest BCUT2D eigenvalue weighted by atomic mass is 10.5. The summed E-state index contributed by atoms with van der Waals surface area (Å²) in [7, 11) is 0. The average molecular weight is 190 g/mol. The standard InChI is InChI=1S/C8H11FO4/c1-3-12-8(11)7(9)4-5-13-6(2)10/h4H,3,5H2,1-2H3/b7-4-. The van der Waals surface area contributed by atoms with Crippen LogP contribution in [0.15, 0.2) is 11.9 Å². The second-order valence-electron chi connectivity index (χ2n) is 2.08. The molecule has 4 nitrogen and oxygen atoms in total. The van der Waals surface area contributed by atoms with Crippen molar-refractivity contribution in [3.05, 3.63) is 11.9 Å². The number of halogens is 1. The molecule has 0 aromatic heterocycles. The molecule has 0 aliphatic rings. The molecular weight excluding hydrogens is 179 g/mol. The zero-order chi connectivity index (χ0) is 10.3. The summed E-state index contributed by atoms with van der Waals surface area (Å²) in [4.78, 5) is 20.8. The summed E-state index contributed by atoms with van der Waals surface area (Å²) in [5.41, 5.74) is 0. The zero-order valence-electron chi connectivity index (χ0n) is 7.50. The van der Waals surface area contributed by atoms with E-state index in [1.54, 1.807) is 6.92 Å². The second-order valence-corrected chi connectivity index (χ2v) is 2.08. The fourth-order valence-corrected chi connectivity index (χ4v) is 0.516.